The molecule has 32 heavy (non-hydrogen) atoms. The molecular weight excluding hydrogens is 414 g/mol. The zero-order valence-electron chi connectivity index (χ0n) is 17.6. The van der Waals surface area contributed by atoms with Gasteiger partial charge in [0.1, 0.15) is 0 Å². The molecule has 2 aliphatic carbocycles. The number of aromatic amines is 1. The Labute approximate surface area is 183 Å². The van der Waals surface area contributed by atoms with E-state index in [4.69, 9.17) is 0 Å². The third-order valence-corrected chi connectivity index (χ3v) is 7.55. The van der Waals surface area contributed by atoms with Crippen LogP contribution < -0.4 is 10.6 Å². The van der Waals surface area contributed by atoms with Gasteiger partial charge in [-0.1, -0.05) is 37.3 Å². The Bertz CT molecular complexity index is 1180. The molecule has 1 saturated heterocycles. The Balaban J connectivity index is 1.22. The summed E-state index contributed by atoms with van der Waals surface area (Å²) in [6.07, 6.45) is 3.82. The van der Waals surface area contributed by atoms with Crippen LogP contribution in [0, 0.1) is 17.3 Å². The number of hydrogen-bond acceptors (Lipinski definition) is 4. The van der Waals surface area contributed by atoms with E-state index in [9.17, 15) is 13.6 Å². The maximum Gasteiger partial charge on any atom is 0.276 e. The van der Waals surface area contributed by atoms with Gasteiger partial charge in [-0.25, -0.2) is 8.78 Å². The number of H-pyrrole nitrogens is 1. The van der Waals surface area contributed by atoms with Crippen LogP contribution in [0.2, 0.25) is 0 Å². The highest BCUT2D eigenvalue weighted by atomic mass is 19.3. The molecule has 1 saturated carbocycles. The first-order chi connectivity index (χ1) is 15.4. The number of alkyl halides is 2. The van der Waals surface area contributed by atoms with Gasteiger partial charge in [0.15, 0.2) is 5.69 Å². The Morgan fingerprint density at radius 2 is 2.06 bits per heavy atom. The fourth-order valence-electron chi connectivity index (χ4n) is 5.37. The highest BCUT2D eigenvalue weighted by Gasteiger charge is 2.78. The number of nitrogens with one attached hydrogen (secondary N) is 3. The third kappa shape index (κ3) is 2.76. The molecule has 6 rings (SSSR count). The largest absolute Gasteiger partial charge is 0.318 e. The van der Waals surface area contributed by atoms with Crippen molar-refractivity contribution in [2.45, 2.75) is 31.7 Å². The van der Waals surface area contributed by atoms with Crippen molar-refractivity contribution >= 4 is 11.6 Å². The zero-order chi connectivity index (χ0) is 22.1. The Morgan fingerprint density at radius 1 is 1.28 bits per heavy atom. The van der Waals surface area contributed by atoms with Gasteiger partial charge < -0.3 is 10.6 Å². The van der Waals surface area contributed by atoms with Crippen molar-refractivity contribution in [2.75, 3.05) is 18.4 Å². The molecule has 2 aromatic heterocycles. The molecule has 1 aliphatic heterocycles. The average Bonchev–Trinajstić information content (AvgIpc) is 3.17. The maximum absolute atomic E-state index is 14.2. The van der Waals surface area contributed by atoms with Crippen molar-refractivity contribution in [3.63, 3.8) is 0 Å². The molecule has 3 aromatic rings. The van der Waals surface area contributed by atoms with E-state index in [1.807, 2.05) is 29.1 Å². The van der Waals surface area contributed by atoms with E-state index in [1.54, 1.807) is 13.1 Å². The number of rotatable bonds is 5. The molecule has 0 unspecified atom stereocenters. The van der Waals surface area contributed by atoms with E-state index >= 15 is 0 Å². The van der Waals surface area contributed by atoms with E-state index in [0.29, 0.717) is 22.9 Å². The molecule has 3 N–H and O–H groups in total. The minimum absolute atomic E-state index is 0.0658. The molecule has 1 amide bonds. The number of fused-ring (bicyclic) bond motifs is 2. The summed E-state index contributed by atoms with van der Waals surface area (Å²) in [5, 5.41) is 17.6. The van der Waals surface area contributed by atoms with Crippen LogP contribution in [-0.2, 0) is 12.8 Å². The van der Waals surface area contributed by atoms with Crippen molar-refractivity contribution in [3.05, 3.63) is 65.2 Å². The van der Waals surface area contributed by atoms with Gasteiger partial charge in [-0.05, 0) is 12.0 Å². The number of benzene rings is 1. The molecule has 3 heterocycles. The summed E-state index contributed by atoms with van der Waals surface area (Å²) >= 11 is 0. The van der Waals surface area contributed by atoms with Crippen LogP contribution in [0.15, 0.2) is 42.7 Å². The lowest BCUT2D eigenvalue weighted by Gasteiger charge is -2.35. The third-order valence-electron chi connectivity index (χ3n) is 7.55. The van der Waals surface area contributed by atoms with Crippen LogP contribution in [0.4, 0.5) is 14.5 Å². The topological polar surface area (TPSA) is 87.6 Å². The van der Waals surface area contributed by atoms with E-state index in [1.165, 1.54) is 0 Å². The monoisotopic (exact) mass is 438 g/mol. The van der Waals surface area contributed by atoms with Gasteiger partial charge in [-0.2, -0.15) is 10.2 Å². The van der Waals surface area contributed by atoms with Crippen molar-refractivity contribution in [1.29, 1.82) is 0 Å². The van der Waals surface area contributed by atoms with E-state index in [-0.39, 0.29) is 24.6 Å². The van der Waals surface area contributed by atoms with Gasteiger partial charge in [-0.15, -0.1) is 0 Å². The second-order valence-electron chi connectivity index (χ2n) is 9.44. The second kappa shape index (κ2) is 6.71. The second-order valence-corrected chi connectivity index (χ2v) is 9.44. The molecular formula is C23H24F2N6O. The number of nitrogens with zero attached hydrogens (tertiary/aromatic N) is 3. The smallest absolute Gasteiger partial charge is 0.276 e. The summed E-state index contributed by atoms with van der Waals surface area (Å²) in [6.45, 7) is 3.42. The first kappa shape index (κ1) is 19.6. The summed E-state index contributed by atoms with van der Waals surface area (Å²) in [5.74, 6) is -3.41. The molecule has 3 atom stereocenters. The molecule has 166 valence electrons. The van der Waals surface area contributed by atoms with Gasteiger partial charge >= 0.3 is 0 Å². The maximum atomic E-state index is 14.2. The van der Waals surface area contributed by atoms with Crippen LogP contribution in [0.5, 0.6) is 0 Å². The lowest BCUT2D eigenvalue weighted by Crippen LogP contribution is -2.47. The molecule has 3 aliphatic rings. The van der Waals surface area contributed by atoms with Gasteiger partial charge in [0.05, 0.1) is 17.9 Å². The standard InChI is InChI=1S/C23H24F2N6O/c1-22-8-17-16(7-18(22)23(22,24)25)19(30-29-17)21(32)28-15-11-27-31(12-15)20(14-9-26-10-14)13-5-3-2-4-6-13/h2-6,11-12,14,18,20,26H,7-10H2,1H3,(H,28,32)(H,29,30)/t18-,20+,22+/m0/s1. The first-order valence-corrected chi connectivity index (χ1v) is 10.9. The molecule has 1 aromatic carbocycles. The van der Waals surface area contributed by atoms with Gasteiger partial charge in [0.25, 0.3) is 11.8 Å². The number of amides is 1. The zero-order valence-corrected chi connectivity index (χ0v) is 17.6. The molecule has 9 heteroatoms. The summed E-state index contributed by atoms with van der Waals surface area (Å²) in [5.41, 5.74) is 2.14. The minimum atomic E-state index is -2.69. The summed E-state index contributed by atoms with van der Waals surface area (Å²) in [6, 6.07) is 10.2. The fraction of sp³-hybridized carbons (Fsp3) is 0.435. The molecule has 0 spiro atoms. The number of halogens is 2. The summed E-state index contributed by atoms with van der Waals surface area (Å²) < 4.78 is 30.2. The van der Waals surface area contributed by atoms with Crippen LogP contribution in [0.3, 0.4) is 0 Å². The van der Waals surface area contributed by atoms with Crippen LogP contribution in [0.25, 0.3) is 0 Å². The van der Waals surface area contributed by atoms with E-state index in [2.05, 4.69) is 38.1 Å². The van der Waals surface area contributed by atoms with Gasteiger partial charge in [0, 0.05) is 54.2 Å². The summed E-state index contributed by atoms with van der Waals surface area (Å²) in [4.78, 5) is 12.9. The van der Waals surface area contributed by atoms with Crippen LogP contribution >= 0.6 is 0 Å². The SMILES string of the molecule is C[C@@]12Cc3[nH]nc(C(=O)Nc4cnn([C@H](c5ccccc5)C5CNC5)c4)c3C[C@@H]1C2(F)F. The van der Waals surface area contributed by atoms with Gasteiger partial charge in [0.2, 0.25) is 0 Å². The predicted molar refractivity (Wildman–Crippen MR) is 114 cm³/mol. The highest BCUT2D eigenvalue weighted by Crippen LogP contribution is 2.70. The number of aromatic nitrogens is 4. The highest BCUT2D eigenvalue weighted by molar-refractivity contribution is 6.04. The van der Waals surface area contributed by atoms with Crippen molar-refractivity contribution in [3.8, 4) is 0 Å². The lowest BCUT2D eigenvalue weighted by atomic mass is 9.87. The van der Waals surface area contributed by atoms with Gasteiger partial charge in [-0.3, -0.25) is 14.6 Å². The quantitative estimate of drug-likeness (QED) is 0.572. The average molecular weight is 438 g/mol. The molecule has 0 radical (unpaired) electrons. The Morgan fingerprint density at radius 3 is 2.78 bits per heavy atom. The van der Waals surface area contributed by atoms with Crippen molar-refractivity contribution < 1.29 is 13.6 Å². The molecule has 7 nitrogen and oxygen atoms in total. The number of anilines is 1. The van der Waals surface area contributed by atoms with E-state index in [0.717, 1.165) is 18.7 Å². The van der Waals surface area contributed by atoms with Crippen molar-refractivity contribution in [2.24, 2.45) is 17.3 Å². The summed E-state index contributed by atoms with van der Waals surface area (Å²) in [7, 11) is 0. The lowest BCUT2D eigenvalue weighted by molar-refractivity contribution is 0.0631. The molecule has 2 fully saturated rings. The minimum Gasteiger partial charge on any atom is -0.318 e. The number of hydrogen-bond donors (Lipinski definition) is 3. The van der Waals surface area contributed by atoms with Crippen molar-refractivity contribution in [1.82, 2.24) is 25.3 Å². The van der Waals surface area contributed by atoms with E-state index < -0.39 is 23.2 Å². The Kier molecular flexibility index (Phi) is 4.11. The van der Waals surface area contributed by atoms with Crippen LogP contribution in [-0.4, -0.2) is 44.9 Å². The normalized spacial score (nSPS) is 26.5. The first-order valence-electron chi connectivity index (χ1n) is 10.9. The van der Waals surface area contributed by atoms with Crippen LogP contribution in [0.1, 0.15) is 40.3 Å². The predicted octanol–water partition coefficient (Wildman–Crippen LogP) is 3.04. The number of carbonyl (C=O) groups is 1. The number of carbonyl (C=O) groups excluding carboxylic acids is 1. The fourth-order valence-corrected chi connectivity index (χ4v) is 5.37. The Hall–Kier alpha value is -3.07. The molecule has 0 bridgehead atoms.